The average Bonchev–Trinajstić information content (AvgIpc) is 3.32. The van der Waals surface area contributed by atoms with Crippen LogP contribution in [0.2, 0.25) is 0 Å². The molecule has 0 spiro atoms. The molecule has 0 aliphatic rings. The third kappa shape index (κ3) is 3.92. The molecule has 4 rings (SSSR count). The predicted octanol–water partition coefficient (Wildman–Crippen LogP) is 4.17. The first-order chi connectivity index (χ1) is 13.2. The standard InChI is InChI=1S/C22H21N3O2/c1-17-6-4-7-18(12-17)13-24(14-19-8-5-11-27-19)22(26)15-25-16-23-20-9-2-3-10-21(20)25/h2-12,16H,13-15H2,1H3. The van der Waals surface area contributed by atoms with Crippen LogP contribution in [0.3, 0.4) is 0 Å². The predicted molar refractivity (Wildman–Crippen MR) is 104 cm³/mol. The number of hydrogen-bond acceptors (Lipinski definition) is 3. The topological polar surface area (TPSA) is 51.3 Å². The number of nitrogens with zero attached hydrogens (tertiary/aromatic N) is 3. The first-order valence-electron chi connectivity index (χ1n) is 8.94. The van der Waals surface area contributed by atoms with E-state index in [0.717, 1.165) is 22.4 Å². The second kappa shape index (κ2) is 7.50. The Morgan fingerprint density at radius 2 is 1.96 bits per heavy atom. The Morgan fingerprint density at radius 3 is 2.78 bits per heavy atom. The summed E-state index contributed by atoms with van der Waals surface area (Å²) in [6.45, 7) is 3.27. The van der Waals surface area contributed by atoms with Gasteiger partial charge in [0.1, 0.15) is 12.3 Å². The van der Waals surface area contributed by atoms with Gasteiger partial charge in [-0.3, -0.25) is 4.79 Å². The van der Waals surface area contributed by atoms with Crippen molar-refractivity contribution in [3.63, 3.8) is 0 Å². The van der Waals surface area contributed by atoms with Gasteiger partial charge in [-0.2, -0.15) is 0 Å². The van der Waals surface area contributed by atoms with E-state index in [1.807, 2.05) is 58.0 Å². The molecule has 27 heavy (non-hydrogen) atoms. The van der Waals surface area contributed by atoms with Crippen LogP contribution in [0, 0.1) is 6.92 Å². The number of hydrogen-bond donors (Lipinski definition) is 0. The molecule has 0 aliphatic carbocycles. The molecule has 2 heterocycles. The number of carbonyl (C=O) groups is 1. The zero-order valence-electron chi connectivity index (χ0n) is 15.2. The summed E-state index contributed by atoms with van der Waals surface area (Å²) < 4.78 is 7.36. The maximum Gasteiger partial charge on any atom is 0.243 e. The number of aryl methyl sites for hydroxylation is 1. The van der Waals surface area contributed by atoms with Gasteiger partial charge in [0.2, 0.25) is 5.91 Å². The van der Waals surface area contributed by atoms with Crippen molar-refractivity contribution < 1.29 is 9.21 Å². The van der Waals surface area contributed by atoms with Gasteiger partial charge in [-0.1, -0.05) is 42.0 Å². The van der Waals surface area contributed by atoms with Crippen molar-refractivity contribution in [1.82, 2.24) is 14.5 Å². The Balaban J connectivity index is 1.57. The highest BCUT2D eigenvalue weighted by molar-refractivity contribution is 5.80. The van der Waals surface area contributed by atoms with Gasteiger partial charge in [-0.15, -0.1) is 0 Å². The van der Waals surface area contributed by atoms with Gasteiger partial charge in [0, 0.05) is 6.54 Å². The Morgan fingerprint density at radius 1 is 1.07 bits per heavy atom. The third-order valence-corrected chi connectivity index (χ3v) is 4.57. The molecule has 5 heteroatoms. The molecule has 2 aromatic carbocycles. The van der Waals surface area contributed by atoms with Crippen molar-refractivity contribution in [2.24, 2.45) is 0 Å². The lowest BCUT2D eigenvalue weighted by atomic mass is 10.1. The highest BCUT2D eigenvalue weighted by atomic mass is 16.3. The molecule has 1 amide bonds. The molecule has 0 unspecified atom stereocenters. The monoisotopic (exact) mass is 359 g/mol. The average molecular weight is 359 g/mol. The summed E-state index contributed by atoms with van der Waals surface area (Å²) in [6.07, 6.45) is 3.36. The van der Waals surface area contributed by atoms with E-state index >= 15 is 0 Å². The van der Waals surface area contributed by atoms with Crippen LogP contribution in [0.4, 0.5) is 0 Å². The molecule has 0 N–H and O–H groups in total. The summed E-state index contributed by atoms with van der Waals surface area (Å²) in [6, 6.07) is 19.8. The van der Waals surface area contributed by atoms with Crippen LogP contribution in [-0.4, -0.2) is 20.4 Å². The first-order valence-corrected chi connectivity index (χ1v) is 8.94. The number of para-hydroxylation sites is 2. The number of aromatic nitrogens is 2. The van der Waals surface area contributed by atoms with E-state index in [0.29, 0.717) is 13.1 Å². The summed E-state index contributed by atoms with van der Waals surface area (Å²) >= 11 is 0. The molecule has 2 aromatic heterocycles. The van der Waals surface area contributed by atoms with Crippen molar-refractivity contribution in [1.29, 1.82) is 0 Å². The molecule has 136 valence electrons. The fraction of sp³-hybridized carbons (Fsp3) is 0.182. The van der Waals surface area contributed by atoms with Crippen molar-refractivity contribution in [2.75, 3.05) is 0 Å². The minimum atomic E-state index is 0.0241. The molecule has 4 aromatic rings. The largest absolute Gasteiger partial charge is 0.467 e. The van der Waals surface area contributed by atoms with Gasteiger partial charge < -0.3 is 13.9 Å². The van der Waals surface area contributed by atoms with Gasteiger partial charge in [0.25, 0.3) is 0 Å². The molecule has 0 saturated carbocycles. The van der Waals surface area contributed by atoms with Crippen molar-refractivity contribution in [3.8, 4) is 0 Å². The zero-order valence-corrected chi connectivity index (χ0v) is 15.2. The minimum Gasteiger partial charge on any atom is -0.467 e. The second-order valence-corrected chi connectivity index (χ2v) is 6.68. The number of rotatable bonds is 6. The van der Waals surface area contributed by atoms with E-state index in [9.17, 15) is 4.79 Å². The van der Waals surface area contributed by atoms with Gasteiger partial charge in [-0.05, 0) is 36.8 Å². The smallest absolute Gasteiger partial charge is 0.243 e. The Hall–Kier alpha value is -3.34. The van der Waals surface area contributed by atoms with Crippen molar-refractivity contribution >= 4 is 16.9 Å². The Labute approximate surface area is 157 Å². The van der Waals surface area contributed by atoms with Gasteiger partial charge in [0.05, 0.1) is 30.2 Å². The van der Waals surface area contributed by atoms with E-state index in [1.165, 1.54) is 5.56 Å². The summed E-state index contributed by atoms with van der Waals surface area (Å²) in [5.41, 5.74) is 4.13. The molecule has 0 fully saturated rings. The van der Waals surface area contributed by atoms with Gasteiger partial charge in [-0.25, -0.2) is 4.98 Å². The molecule has 0 saturated heterocycles. The normalized spacial score (nSPS) is 11.0. The SMILES string of the molecule is Cc1cccc(CN(Cc2ccco2)C(=O)Cn2cnc3ccccc32)c1. The van der Waals surface area contributed by atoms with Crippen LogP contribution in [0.1, 0.15) is 16.9 Å². The third-order valence-electron chi connectivity index (χ3n) is 4.57. The lowest BCUT2D eigenvalue weighted by Gasteiger charge is -2.22. The number of imidazole rings is 1. The van der Waals surface area contributed by atoms with E-state index in [-0.39, 0.29) is 12.5 Å². The van der Waals surface area contributed by atoms with E-state index in [2.05, 4.69) is 24.0 Å². The summed E-state index contributed by atoms with van der Waals surface area (Å²) in [5, 5.41) is 0. The highest BCUT2D eigenvalue weighted by Gasteiger charge is 2.17. The van der Waals surface area contributed by atoms with E-state index < -0.39 is 0 Å². The van der Waals surface area contributed by atoms with Crippen LogP contribution in [0.15, 0.2) is 77.7 Å². The van der Waals surface area contributed by atoms with Gasteiger partial charge in [0.15, 0.2) is 0 Å². The number of benzene rings is 2. The molecule has 0 radical (unpaired) electrons. The fourth-order valence-corrected chi connectivity index (χ4v) is 3.24. The van der Waals surface area contributed by atoms with Crippen LogP contribution < -0.4 is 0 Å². The first kappa shape index (κ1) is 17.1. The second-order valence-electron chi connectivity index (χ2n) is 6.68. The van der Waals surface area contributed by atoms with Crippen LogP contribution in [-0.2, 0) is 24.4 Å². The van der Waals surface area contributed by atoms with Crippen molar-refractivity contribution in [3.05, 3.63) is 90.1 Å². The summed E-state index contributed by atoms with van der Waals surface area (Å²) in [7, 11) is 0. The van der Waals surface area contributed by atoms with E-state index in [1.54, 1.807) is 12.6 Å². The number of fused-ring (bicyclic) bond motifs is 1. The Bertz CT molecular complexity index is 1050. The summed E-state index contributed by atoms with van der Waals surface area (Å²) in [4.78, 5) is 19.3. The van der Waals surface area contributed by atoms with Crippen LogP contribution in [0.5, 0.6) is 0 Å². The zero-order chi connectivity index (χ0) is 18.6. The fourth-order valence-electron chi connectivity index (χ4n) is 3.24. The van der Waals surface area contributed by atoms with Crippen molar-refractivity contribution in [2.45, 2.75) is 26.6 Å². The molecule has 0 aliphatic heterocycles. The van der Waals surface area contributed by atoms with Crippen LogP contribution >= 0.6 is 0 Å². The molecule has 0 bridgehead atoms. The minimum absolute atomic E-state index is 0.0241. The quantitative estimate of drug-likeness (QED) is 0.519. The molecule has 5 nitrogen and oxygen atoms in total. The van der Waals surface area contributed by atoms with E-state index in [4.69, 9.17) is 4.42 Å². The molecule has 0 atom stereocenters. The lowest BCUT2D eigenvalue weighted by Crippen LogP contribution is -2.32. The molecular weight excluding hydrogens is 338 g/mol. The maximum absolute atomic E-state index is 13.1. The summed E-state index contributed by atoms with van der Waals surface area (Å²) in [5.74, 6) is 0.794. The number of amides is 1. The number of furan rings is 1. The highest BCUT2D eigenvalue weighted by Crippen LogP contribution is 2.15. The van der Waals surface area contributed by atoms with Gasteiger partial charge >= 0.3 is 0 Å². The molecular formula is C22H21N3O2. The maximum atomic E-state index is 13.1. The Kier molecular flexibility index (Phi) is 4.75. The number of carbonyl (C=O) groups excluding carboxylic acids is 1. The lowest BCUT2D eigenvalue weighted by molar-refractivity contribution is -0.133. The van der Waals surface area contributed by atoms with Crippen LogP contribution in [0.25, 0.3) is 11.0 Å².